The van der Waals surface area contributed by atoms with E-state index >= 15 is 0 Å². The number of nitrogens with zero attached hydrogens (tertiary/aromatic N) is 1. The highest BCUT2D eigenvalue weighted by molar-refractivity contribution is 6.42. The monoisotopic (exact) mass is 347 g/mol. The molecule has 7 heteroatoms. The number of carbonyl (C=O) groups excluding carboxylic acids is 1. The van der Waals surface area contributed by atoms with Gasteiger partial charge in [-0.2, -0.15) is 0 Å². The number of carbonyl (C=O) groups is 1. The van der Waals surface area contributed by atoms with E-state index in [9.17, 15) is 9.90 Å². The molecule has 1 atom stereocenters. The van der Waals surface area contributed by atoms with Gasteiger partial charge in [0.05, 0.1) is 16.1 Å². The average molecular weight is 348 g/mol. The number of amides is 1. The van der Waals surface area contributed by atoms with Crippen LogP contribution in [-0.2, 0) is 11.3 Å². The molecule has 1 fully saturated rings. The van der Waals surface area contributed by atoms with Crippen LogP contribution in [0.25, 0.3) is 0 Å². The van der Waals surface area contributed by atoms with Crippen LogP contribution in [0.1, 0.15) is 31.7 Å². The molecule has 1 aliphatic rings. The van der Waals surface area contributed by atoms with Gasteiger partial charge in [0.2, 0.25) is 5.91 Å². The first-order chi connectivity index (χ1) is 10.4. The Hall–Kier alpha value is -1.01. The Kier molecular flexibility index (Phi) is 7.96. The van der Waals surface area contributed by atoms with Crippen LogP contribution in [0.5, 0.6) is 5.75 Å². The van der Waals surface area contributed by atoms with Gasteiger partial charge in [-0.25, -0.2) is 0 Å². The molecule has 1 unspecified atom stereocenters. The van der Waals surface area contributed by atoms with E-state index < -0.39 is 0 Å². The third-order valence-electron chi connectivity index (χ3n) is 3.40. The first-order valence-corrected chi connectivity index (χ1v) is 8.03. The van der Waals surface area contributed by atoms with Crippen LogP contribution in [0.3, 0.4) is 0 Å². The van der Waals surface area contributed by atoms with Crippen LogP contribution >= 0.6 is 23.2 Å². The predicted molar refractivity (Wildman–Crippen MR) is 90.1 cm³/mol. The minimum atomic E-state index is -0.326. The normalized spacial score (nSPS) is 15.8. The van der Waals surface area contributed by atoms with Crippen molar-refractivity contribution < 1.29 is 9.90 Å². The fraction of sp³-hybridized carbons (Fsp3) is 0.533. The second-order valence-electron chi connectivity index (χ2n) is 5.27. The van der Waals surface area contributed by atoms with Crippen molar-refractivity contribution in [1.29, 1.82) is 0 Å². The van der Waals surface area contributed by atoms with Gasteiger partial charge in [0, 0.05) is 31.3 Å². The van der Waals surface area contributed by atoms with Crippen molar-refractivity contribution in [1.82, 2.24) is 4.90 Å². The SMILES string of the molecule is CC(N)C(=O)N1CCCCC1.NCc1cc(Cl)c(Cl)cc1O. The van der Waals surface area contributed by atoms with Gasteiger partial charge < -0.3 is 21.5 Å². The molecule has 1 aliphatic heterocycles. The first kappa shape index (κ1) is 19.0. The molecular formula is C15H23Cl2N3O2. The highest BCUT2D eigenvalue weighted by Gasteiger charge is 2.18. The Morgan fingerprint density at radius 2 is 1.82 bits per heavy atom. The quantitative estimate of drug-likeness (QED) is 0.766. The molecule has 5 N–H and O–H groups in total. The highest BCUT2D eigenvalue weighted by Crippen LogP contribution is 2.29. The summed E-state index contributed by atoms with van der Waals surface area (Å²) >= 11 is 11.3. The number of phenols is 1. The minimum Gasteiger partial charge on any atom is -0.508 e. The second-order valence-corrected chi connectivity index (χ2v) is 6.09. The maximum atomic E-state index is 11.3. The van der Waals surface area contributed by atoms with Gasteiger partial charge in [-0.3, -0.25) is 4.79 Å². The van der Waals surface area contributed by atoms with Crippen LogP contribution in [0.2, 0.25) is 10.0 Å². The van der Waals surface area contributed by atoms with Crippen molar-refractivity contribution in [2.45, 2.75) is 38.8 Å². The molecule has 0 radical (unpaired) electrons. The molecule has 124 valence electrons. The van der Waals surface area contributed by atoms with Gasteiger partial charge in [-0.05, 0) is 32.3 Å². The van der Waals surface area contributed by atoms with Crippen molar-refractivity contribution in [3.05, 3.63) is 27.7 Å². The molecule has 2 rings (SSSR count). The first-order valence-electron chi connectivity index (χ1n) is 7.28. The third-order valence-corrected chi connectivity index (χ3v) is 4.12. The zero-order valence-electron chi connectivity index (χ0n) is 12.7. The van der Waals surface area contributed by atoms with Gasteiger partial charge in [0.15, 0.2) is 0 Å². The fourth-order valence-electron chi connectivity index (χ4n) is 2.14. The molecule has 22 heavy (non-hydrogen) atoms. The maximum absolute atomic E-state index is 11.3. The molecule has 0 aromatic heterocycles. The van der Waals surface area contributed by atoms with Crippen LogP contribution in [-0.4, -0.2) is 35.0 Å². The number of rotatable bonds is 2. The van der Waals surface area contributed by atoms with Crippen molar-refractivity contribution in [3.8, 4) is 5.75 Å². The molecule has 0 aliphatic carbocycles. The molecule has 1 amide bonds. The third kappa shape index (κ3) is 5.65. The van der Waals surface area contributed by atoms with Crippen LogP contribution in [0.4, 0.5) is 0 Å². The Balaban J connectivity index is 0.000000220. The number of hydrogen-bond donors (Lipinski definition) is 3. The van der Waals surface area contributed by atoms with Gasteiger partial charge in [-0.15, -0.1) is 0 Å². The van der Waals surface area contributed by atoms with E-state index in [1.807, 2.05) is 4.90 Å². The molecular weight excluding hydrogens is 325 g/mol. The number of nitrogens with two attached hydrogens (primary N) is 2. The Morgan fingerprint density at radius 1 is 1.27 bits per heavy atom. The van der Waals surface area contributed by atoms with Crippen LogP contribution in [0.15, 0.2) is 12.1 Å². The molecule has 5 nitrogen and oxygen atoms in total. The molecule has 0 spiro atoms. The lowest BCUT2D eigenvalue weighted by atomic mass is 10.1. The van der Waals surface area contributed by atoms with Crippen molar-refractivity contribution >= 4 is 29.1 Å². The zero-order chi connectivity index (χ0) is 16.7. The maximum Gasteiger partial charge on any atom is 0.239 e. The lowest BCUT2D eigenvalue weighted by Crippen LogP contribution is -2.44. The number of piperidine rings is 1. The Labute approximate surface area is 141 Å². The number of phenolic OH excluding ortho intramolecular Hbond substituents is 1. The van der Waals surface area contributed by atoms with Gasteiger partial charge in [0.1, 0.15) is 5.75 Å². The van der Waals surface area contributed by atoms with Crippen molar-refractivity contribution in [3.63, 3.8) is 0 Å². The fourth-order valence-corrected chi connectivity index (χ4v) is 2.49. The molecule has 1 saturated heterocycles. The van der Waals surface area contributed by atoms with E-state index in [4.69, 9.17) is 34.7 Å². The lowest BCUT2D eigenvalue weighted by molar-refractivity contribution is -0.133. The summed E-state index contributed by atoms with van der Waals surface area (Å²) in [7, 11) is 0. The van der Waals surface area contributed by atoms with E-state index in [0.29, 0.717) is 15.6 Å². The molecule has 0 saturated carbocycles. The molecule has 1 heterocycles. The second kappa shape index (κ2) is 9.20. The average Bonchev–Trinajstić information content (AvgIpc) is 2.51. The van der Waals surface area contributed by atoms with Gasteiger partial charge in [-0.1, -0.05) is 23.2 Å². The summed E-state index contributed by atoms with van der Waals surface area (Å²) in [4.78, 5) is 13.2. The predicted octanol–water partition coefficient (Wildman–Crippen LogP) is 2.50. The number of benzene rings is 1. The number of halogens is 2. The number of likely N-dealkylation sites (tertiary alicyclic amines) is 1. The Morgan fingerprint density at radius 3 is 2.32 bits per heavy atom. The van der Waals surface area contributed by atoms with E-state index in [1.54, 1.807) is 13.0 Å². The van der Waals surface area contributed by atoms with Crippen molar-refractivity contribution in [2.75, 3.05) is 13.1 Å². The van der Waals surface area contributed by atoms with E-state index in [0.717, 1.165) is 25.9 Å². The summed E-state index contributed by atoms with van der Waals surface area (Å²) in [5, 5.41) is 9.93. The summed E-state index contributed by atoms with van der Waals surface area (Å²) in [6, 6.07) is 2.61. The van der Waals surface area contributed by atoms with Crippen molar-refractivity contribution in [2.24, 2.45) is 11.5 Å². The Bertz CT molecular complexity index is 504. The summed E-state index contributed by atoms with van der Waals surface area (Å²) in [5.74, 6) is 0.187. The van der Waals surface area contributed by atoms with Gasteiger partial charge >= 0.3 is 0 Å². The molecule has 1 aromatic rings. The molecule has 1 aromatic carbocycles. The summed E-state index contributed by atoms with van der Waals surface area (Å²) in [6.45, 7) is 3.81. The summed E-state index contributed by atoms with van der Waals surface area (Å²) in [5.41, 5.74) is 11.4. The number of aromatic hydroxyl groups is 1. The highest BCUT2D eigenvalue weighted by atomic mass is 35.5. The topological polar surface area (TPSA) is 92.6 Å². The zero-order valence-corrected chi connectivity index (χ0v) is 14.2. The minimum absolute atomic E-state index is 0.0851. The lowest BCUT2D eigenvalue weighted by Gasteiger charge is -2.27. The molecule has 0 bridgehead atoms. The van der Waals surface area contributed by atoms with Crippen LogP contribution < -0.4 is 11.5 Å². The van der Waals surface area contributed by atoms with E-state index in [1.165, 1.54) is 12.5 Å². The number of hydrogen-bond acceptors (Lipinski definition) is 4. The standard InChI is InChI=1S/C8H16N2O.C7H7Cl2NO/c1-7(9)8(11)10-5-3-2-4-6-10;8-5-1-4(3-10)7(11)2-6(5)9/h7H,2-6,9H2,1H3;1-2,11H,3,10H2. The summed E-state index contributed by atoms with van der Waals surface area (Å²) in [6.07, 6.45) is 3.53. The van der Waals surface area contributed by atoms with E-state index in [-0.39, 0.29) is 24.2 Å². The summed E-state index contributed by atoms with van der Waals surface area (Å²) < 4.78 is 0. The van der Waals surface area contributed by atoms with Gasteiger partial charge in [0.25, 0.3) is 0 Å². The smallest absolute Gasteiger partial charge is 0.239 e. The van der Waals surface area contributed by atoms with Crippen LogP contribution in [0, 0.1) is 0 Å². The largest absolute Gasteiger partial charge is 0.508 e. The van der Waals surface area contributed by atoms with E-state index in [2.05, 4.69) is 0 Å².